The third kappa shape index (κ3) is 6.44. The van der Waals surface area contributed by atoms with Crippen molar-refractivity contribution in [1.82, 2.24) is 4.98 Å². The van der Waals surface area contributed by atoms with Crippen LogP contribution in [-0.2, 0) is 4.79 Å². The van der Waals surface area contributed by atoms with Crippen LogP contribution in [0.25, 0.3) is 5.76 Å². The summed E-state index contributed by atoms with van der Waals surface area (Å²) in [6.07, 6.45) is 0. The van der Waals surface area contributed by atoms with E-state index in [4.69, 9.17) is 23.2 Å². The summed E-state index contributed by atoms with van der Waals surface area (Å²) in [5.41, 5.74) is 2.24. The van der Waals surface area contributed by atoms with Crippen molar-refractivity contribution in [1.29, 1.82) is 0 Å². The van der Waals surface area contributed by atoms with Crippen LogP contribution in [0.2, 0.25) is 10.0 Å². The number of hydrogen-bond donors (Lipinski definition) is 3. The van der Waals surface area contributed by atoms with Crippen molar-refractivity contribution < 1.29 is 14.7 Å². The number of aliphatic hydroxyl groups is 1. The highest BCUT2D eigenvalue weighted by molar-refractivity contribution is 7.16. The smallest absolute Gasteiger partial charge is 0.295 e. The summed E-state index contributed by atoms with van der Waals surface area (Å²) in [7, 11) is 0. The third-order valence-corrected chi connectivity index (χ3v) is 7.10. The molecule has 8 nitrogen and oxygen atoms in total. The van der Waals surface area contributed by atoms with Crippen LogP contribution in [0, 0.1) is 13.8 Å². The number of hydrogen-bond acceptors (Lipinski definition) is 7. The van der Waals surface area contributed by atoms with Gasteiger partial charge in [0, 0.05) is 16.9 Å². The molecule has 3 aromatic carbocycles. The molecule has 0 saturated carbocycles. The van der Waals surface area contributed by atoms with Crippen LogP contribution in [0.4, 0.5) is 16.5 Å². The lowest BCUT2D eigenvalue weighted by atomic mass is 10.2. The monoisotopic (exact) mass is 565 g/mol. The number of aryl methyl sites for hydroxylation is 2. The second-order valence-corrected chi connectivity index (χ2v) is 9.84. The maximum Gasteiger partial charge on any atom is 0.295 e. The number of thiazole rings is 1. The number of anilines is 3. The number of rotatable bonds is 7. The van der Waals surface area contributed by atoms with E-state index in [2.05, 4.69) is 25.8 Å². The molecular formula is C27H21Cl2N5O3S. The highest BCUT2D eigenvalue weighted by Gasteiger charge is 2.22. The first-order valence-corrected chi connectivity index (χ1v) is 12.8. The van der Waals surface area contributed by atoms with E-state index in [9.17, 15) is 14.7 Å². The van der Waals surface area contributed by atoms with Gasteiger partial charge in [-0.05, 0) is 55.8 Å². The maximum absolute atomic E-state index is 13.3. The van der Waals surface area contributed by atoms with E-state index in [0.29, 0.717) is 32.2 Å². The molecule has 0 aliphatic carbocycles. The van der Waals surface area contributed by atoms with Gasteiger partial charge >= 0.3 is 0 Å². The molecule has 4 aromatic rings. The summed E-state index contributed by atoms with van der Waals surface area (Å²) in [5, 5.41) is 25.8. The van der Waals surface area contributed by atoms with Crippen molar-refractivity contribution in [3.63, 3.8) is 0 Å². The van der Waals surface area contributed by atoms with Crippen molar-refractivity contribution in [3.05, 3.63) is 110 Å². The second kappa shape index (κ2) is 12.0. The lowest BCUT2D eigenvalue weighted by molar-refractivity contribution is -0.112. The third-order valence-electron chi connectivity index (χ3n) is 5.28. The number of amides is 2. The van der Waals surface area contributed by atoms with Gasteiger partial charge in [0.25, 0.3) is 11.8 Å². The first-order chi connectivity index (χ1) is 18.2. The minimum absolute atomic E-state index is 0.272. The molecule has 1 aromatic heterocycles. The normalized spacial score (nSPS) is 11.8. The van der Waals surface area contributed by atoms with E-state index < -0.39 is 23.3 Å². The highest BCUT2D eigenvalue weighted by atomic mass is 35.5. The van der Waals surface area contributed by atoms with E-state index >= 15 is 0 Å². The SMILES string of the molecule is Cc1ccccc1NC(=O)/C(N=NC(=O)c1ccccc1)=C(/O)c1sc(Nc2ccc(Cl)c(Cl)c2)nc1C. The van der Waals surface area contributed by atoms with Gasteiger partial charge in [-0.3, -0.25) is 9.59 Å². The van der Waals surface area contributed by atoms with Crippen molar-refractivity contribution >= 4 is 68.6 Å². The predicted octanol–water partition coefficient (Wildman–Crippen LogP) is 7.97. The molecule has 0 aliphatic rings. The number of aliphatic hydroxyl groups excluding tert-OH is 1. The Morgan fingerprint density at radius 3 is 2.34 bits per heavy atom. The second-order valence-electron chi connectivity index (χ2n) is 8.02. The lowest BCUT2D eigenvalue weighted by Crippen LogP contribution is -2.16. The molecule has 38 heavy (non-hydrogen) atoms. The zero-order valence-electron chi connectivity index (χ0n) is 20.2. The number of nitrogens with zero attached hydrogens (tertiary/aromatic N) is 3. The van der Waals surface area contributed by atoms with E-state index in [-0.39, 0.29) is 10.4 Å². The zero-order chi connectivity index (χ0) is 27.2. The first kappa shape index (κ1) is 27.0. The molecule has 0 saturated heterocycles. The van der Waals surface area contributed by atoms with Gasteiger partial charge in [-0.2, -0.15) is 0 Å². The quantitative estimate of drug-likeness (QED) is 0.119. The maximum atomic E-state index is 13.3. The van der Waals surface area contributed by atoms with Crippen LogP contribution < -0.4 is 10.6 Å². The van der Waals surface area contributed by atoms with E-state index in [0.717, 1.165) is 16.9 Å². The van der Waals surface area contributed by atoms with Crippen molar-refractivity contribution in [3.8, 4) is 0 Å². The Labute approximate surface area is 232 Å². The van der Waals surface area contributed by atoms with Crippen LogP contribution in [0.1, 0.15) is 26.5 Å². The molecule has 0 aliphatic heterocycles. The summed E-state index contributed by atoms with van der Waals surface area (Å²) in [5.74, 6) is -1.88. The van der Waals surface area contributed by atoms with Gasteiger partial charge in [-0.25, -0.2) is 4.98 Å². The molecule has 0 unspecified atom stereocenters. The summed E-state index contributed by atoms with van der Waals surface area (Å²) < 4.78 is 0. The summed E-state index contributed by atoms with van der Waals surface area (Å²) >= 11 is 13.2. The van der Waals surface area contributed by atoms with Gasteiger partial charge in [0.1, 0.15) is 0 Å². The standard InChI is InChI=1S/C27H21Cl2N5O3S/c1-15-8-6-7-11-21(15)32-26(37)22(33-34-25(36)17-9-4-3-5-10-17)23(35)24-16(2)30-27(38-24)31-18-12-13-19(28)20(29)14-18/h3-14,35H,1-2H3,(H,30,31)(H,32,37)/b23-22-,34-33?. The fourth-order valence-corrected chi connectivity index (χ4v) is 4.53. The lowest BCUT2D eigenvalue weighted by Gasteiger charge is -2.09. The van der Waals surface area contributed by atoms with Crippen molar-refractivity contribution in [2.75, 3.05) is 10.6 Å². The van der Waals surface area contributed by atoms with Crippen LogP contribution in [-0.4, -0.2) is 21.9 Å². The Bertz CT molecular complexity index is 1570. The van der Waals surface area contributed by atoms with Crippen LogP contribution in [0.15, 0.2) is 88.7 Å². The number of nitrogens with one attached hydrogen (secondary N) is 2. The van der Waals surface area contributed by atoms with E-state index in [1.807, 2.05) is 19.1 Å². The van der Waals surface area contributed by atoms with Crippen LogP contribution >= 0.6 is 34.5 Å². The zero-order valence-corrected chi connectivity index (χ0v) is 22.5. The molecule has 2 amide bonds. The molecule has 0 fully saturated rings. The van der Waals surface area contributed by atoms with Crippen molar-refractivity contribution in [2.24, 2.45) is 10.2 Å². The van der Waals surface area contributed by atoms with Gasteiger partial charge in [0.05, 0.1) is 20.6 Å². The number of carbonyl (C=O) groups is 2. The number of aromatic nitrogens is 1. The van der Waals surface area contributed by atoms with Gasteiger partial charge in [0.2, 0.25) is 0 Å². The minimum Gasteiger partial charge on any atom is -0.504 e. The molecule has 0 bridgehead atoms. The predicted molar refractivity (Wildman–Crippen MR) is 152 cm³/mol. The molecule has 0 radical (unpaired) electrons. The molecular weight excluding hydrogens is 545 g/mol. The van der Waals surface area contributed by atoms with Gasteiger partial charge in [0.15, 0.2) is 16.6 Å². The Morgan fingerprint density at radius 1 is 0.921 bits per heavy atom. The molecule has 0 spiro atoms. The number of halogens is 2. The average Bonchev–Trinajstić information content (AvgIpc) is 3.27. The molecule has 11 heteroatoms. The fraction of sp³-hybridized carbons (Fsp3) is 0.0741. The fourth-order valence-electron chi connectivity index (χ4n) is 3.30. The Balaban J connectivity index is 1.70. The van der Waals surface area contributed by atoms with Crippen molar-refractivity contribution in [2.45, 2.75) is 13.8 Å². The van der Waals surface area contributed by atoms with Gasteiger partial charge < -0.3 is 15.7 Å². The van der Waals surface area contributed by atoms with Crippen LogP contribution in [0.3, 0.4) is 0 Å². The summed E-state index contributed by atoms with van der Waals surface area (Å²) in [6.45, 7) is 3.50. The first-order valence-electron chi connectivity index (χ1n) is 11.2. The topological polar surface area (TPSA) is 116 Å². The Kier molecular flexibility index (Phi) is 8.52. The minimum atomic E-state index is -0.742. The highest BCUT2D eigenvalue weighted by Crippen LogP contribution is 2.33. The Hall–Kier alpha value is -4.05. The molecule has 192 valence electrons. The van der Waals surface area contributed by atoms with E-state index in [1.165, 1.54) is 0 Å². The molecule has 3 N–H and O–H groups in total. The number of carbonyl (C=O) groups excluding carboxylic acids is 2. The largest absolute Gasteiger partial charge is 0.504 e. The van der Waals surface area contributed by atoms with Gasteiger partial charge in [-0.1, -0.05) is 70.9 Å². The van der Waals surface area contributed by atoms with Crippen LogP contribution in [0.5, 0.6) is 0 Å². The van der Waals surface area contributed by atoms with Gasteiger partial charge in [-0.15, -0.1) is 10.2 Å². The number of azo groups is 1. The number of para-hydroxylation sites is 1. The Morgan fingerprint density at radius 2 is 1.63 bits per heavy atom. The average molecular weight is 566 g/mol. The molecule has 0 atom stereocenters. The summed E-state index contributed by atoms with van der Waals surface area (Å²) in [6, 6.07) is 20.4. The molecule has 1 heterocycles. The van der Waals surface area contributed by atoms with E-state index in [1.54, 1.807) is 67.6 Å². The summed E-state index contributed by atoms with van der Waals surface area (Å²) in [4.78, 5) is 30.5. The number of benzene rings is 3. The molecule has 4 rings (SSSR count).